The van der Waals surface area contributed by atoms with Crippen molar-refractivity contribution in [3.05, 3.63) is 29.8 Å². The molecule has 1 N–H and O–H groups in total. The van der Waals surface area contributed by atoms with Crippen LogP contribution in [-0.4, -0.2) is 9.93 Å². The number of benzene rings is 1. The zero-order valence-corrected chi connectivity index (χ0v) is 11.1. The highest BCUT2D eigenvalue weighted by Crippen LogP contribution is 2.31. The van der Waals surface area contributed by atoms with Crippen molar-refractivity contribution >= 4 is 15.9 Å². The molecule has 1 saturated carbocycles. The minimum atomic E-state index is 0.386. The fourth-order valence-electron chi connectivity index (χ4n) is 2.56. The molecule has 1 aliphatic carbocycles. The highest BCUT2D eigenvalue weighted by atomic mass is 79.9. The Hall–Kier alpha value is -0.500. The summed E-state index contributed by atoms with van der Waals surface area (Å²) in [6.07, 6.45) is 7.77. The van der Waals surface area contributed by atoms with E-state index in [0.29, 0.717) is 10.6 Å². The Labute approximate surface area is 106 Å². The van der Waals surface area contributed by atoms with E-state index in [4.69, 9.17) is 0 Å². The Morgan fingerprint density at radius 3 is 2.81 bits per heavy atom. The molecule has 1 nitrogen and oxygen atoms in total. The molecular weight excluding hydrogens is 264 g/mol. The molecule has 88 valence electrons. The van der Waals surface area contributed by atoms with E-state index < -0.39 is 0 Å². The first-order valence-corrected chi connectivity index (χ1v) is 7.09. The summed E-state index contributed by atoms with van der Waals surface area (Å²) in [5.41, 5.74) is 1.26. The molecule has 1 aromatic carbocycles. The minimum Gasteiger partial charge on any atom is -0.508 e. The minimum absolute atomic E-state index is 0.386. The number of phenols is 1. The highest BCUT2D eigenvalue weighted by Gasteiger charge is 2.21. The van der Waals surface area contributed by atoms with Crippen LogP contribution in [0.3, 0.4) is 0 Å². The van der Waals surface area contributed by atoms with Gasteiger partial charge in [0.15, 0.2) is 0 Å². The molecule has 1 aromatic rings. The van der Waals surface area contributed by atoms with Gasteiger partial charge in [-0.05, 0) is 42.9 Å². The van der Waals surface area contributed by atoms with Gasteiger partial charge in [-0.3, -0.25) is 0 Å². The molecule has 1 fully saturated rings. The highest BCUT2D eigenvalue weighted by molar-refractivity contribution is 9.09. The van der Waals surface area contributed by atoms with Crippen molar-refractivity contribution in [1.29, 1.82) is 0 Å². The maximum absolute atomic E-state index is 9.45. The fourth-order valence-corrected chi connectivity index (χ4v) is 3.33. The van der Waals surface area contributed by atoms with Crippen molar-refractivity contribution in [3.8, 4) is 5.75 Å². The molecule has 0 bridgehead atoms. The molecule has 2 atom stereocenters. The predicted octanol–water partition coefficient (Wildman–Crippen LogP) is 4.28. The van der Waals surface area contributed by atoms with Crippen LogP contribution in [0.2, 0.25) is 0 Å². The van der Waals surface area contributed by atoms with Crippen LogP contribution in [0, 0.1) is 5.92 Å². The Bertz CT molecular complexity index is 337. The zero-order chi connectivity index (χ0) is 11.4. The first kappa shape index (κ1) is 12.0. The molecule has 16 heavy (non-hydrogen) atoms. The van der Waals surface area contributed by atoms with Gasteiger partial charge in [-0.1, -0.05) is 47.3 Å². The van der Waals surface area contributed by atoms with Crippen LogP contribution in [0.4, 0.5) is 0 Å². The Kier molecular flexibility index (Phi) is 4.28. The van der Waals surface area contributed by atoms with Gasteiger partial charge < -0.3 is 5.11 Å². The number of alkyl halides is 1. The molecular formula is C14H19BrO. The van der Waals surface area contributed by atoms with Crippen molar-refractivity contribution in [2.75, 3.05) is 0 Å². The number of hydrogen-bond acceptors (Lipinski definition) is 1. The summed E-state index contributed by atoms with van der Waals surface area (Å²) >= 11 is 3.82. The molecule has 0 radical (unpaired) electrons. The lowest BCUT2D eigenvalue weighted by molar-refractivity contribution is 0.463. The molecule has 2 rings (SSSR count). The van der Waals surface area contributed by atoms with E-state index in [2.05, 4.69) is 22.0 Å². The first-order chi connectivity index (χ1) is 7.75. The predicted molar refractivity (Wildman–Crippen MR) is 71.1 cm³/mol. The van der Waals surface area contributed by atoms with Crippen LogP contribution >= 0.6 is 15.9 Å². The molecule has 1 aliphatic rings. The van der Waals surface area contributed by atoms with Crippen molar-refractivity contribution < 1.29 is 5.11 Å². The van der Waals surface area contributed by atoms with Gasteiger partial charge in [0.05, 0.1) is 0 Å². The average molecular weight is 283 g/mol. The summed E-state index contributed by atoms with van der Waals surface area (Å²) in [5.74, 6) is 1.11. The van der Waals surface area contributed by atoms with Crippen LogP contribution in [-0.2, 0) is 6.42 Å². The maximum atomic E-state index is 9.45. The van der Waals surface area contributed by atoms with Crippen LogP contribution < -0.4 is 0 Å². The van der Waals surface area contributed by atoms with E-state index in [9.17, 15) is 5.11 Å². The Morgan fingerprint density at radius 1 is 1.19 bits per heavy atom. The largest absolute Gasteiger partial charge is 0.508 e. The number of hydrogen-bond donors (Lipinski definition) is 1. The van der Waals surface area contributed by atoms with E-state index in [0.717, 1.165) is 12.3 Å². The zero-order valence-electron chi connectivity index (χ0n) is 9.53. The quantitative estimate of drug-likeness (QED) is 0.634. The number of aromatic hydroxyl groups is 1. The van der Waals surface area contributed by atoms with Crippen LogP contribution in [0.1, 0.15) is 37.7 Å². The summed E-state index contributed by atoms with van der Waals surface area (Å²) < 4.78 is 0. The summed E-state index contributed by atoms with van der Waals surface area (Å²) in [6, 6.07) is 7.68. The summed E-state index contributed by atoms with van der Waals surface area (Å²) in [4.78, 5) is 0.650. The van der Waals surface area contributed by atoms with Crippen molar-refractivity contribution in [1.82, 2.24) is 0 Å². The second-order valence-corrected chi connectivity index (χ2v) is 5.96. The van der Waals surface area contributed by atoms with Gasteiger partial charge >= 0.3 is 0 Å². The Morgan fingerprint density at radius 2 is 2.00 bits per heavy atom. The van der Waals surface area contributed by atoms with Gasteiger partial charge in [-0.15, -0.1) is 0 Å². The topological polar surface area (TPSA) is 20.2 Å². The van der Waals surface area contributed by atoms with Gasteiger partial charge in [0.2, 0.25) is 0 Å². The van der Waals surface area contributed by atoms with Crippen molar-refractivity contribution in [2.45, 2.75) is 43.4 Å². The molecule has 2 unspecified atom stereocenters. The second-order valence-electron chi connectivity index (χ2n) is 4.79. The summed E-state index contributed by atoms with van der Waals surface area (Å²) in [5, 5.41) is 9.45. The molecule has 0 aromatic heterocycles. The van der Waals surface area contributed by atoms with Gasteiger partial charge in [0.25, 0.3) is 0 Å². The molecule has 0 heterocycles. The number of halogens is 1. The lowest BCUT2D eigenvalue weighted by Gasteiger charge is -2.19. The Balaban J connectivity index is 2.02. The molecule has 0 spiro atoms. The number of rotatable bonds is 2. The van der Waals surface area contributed by atoms with Crippen molar-refractivity contribution in [3.63, 3.8) is 0 Å². The first-order valence-electron chi connectivity index (χ1n) is 6.17. The van der Waals surface area contributed by atoms with Gasteiger partial charge in [-0.2, -0.15) is 0 Å². The smallest absolute Gasteiger partial charge is 0.115 e. The van der Waals surface area contributed by atoms with Crippen LogP contribution in [0.5, 0.6) is 5.75 Å². The molecule has 0 saturated heterocycles. The van der Waals surface area contributed by atoms with Gasteiger partial charge in [0, 0.05) is 4.83 Å². The SMILES string of the molecule is Oc1cccc(CC2CCCCCC2Br)c1. The third-order valence-electron chi connectivity index (χ3n) is 3.47. The fraction of sp³-hybridized carbons (Fsp3) is 0.571. The lowest BCUT2D eigenvalue weighted by atomic mass is 9.92. The van der Waals surface area contributed by atoms with E-state index >= 15 is 0 Å². The average Bonchev–Trinajstić information content (AvgIpc) is 2.45. The summed E-state index contributed by atoms with van der Waals surface area (Å²) in [6.45, 7) is 0. The van der Waals surface area contributed by atoms with Crippen molar-refractivity contribution in [2.24, 2.45) is 5.92 Å². The monoisotopic (exact) mass is 282 g/mol. The third kappa shape index (κ3) is 3.24. The van der Waals surface area contributed by atoms with E-state index in [-0.39, 0.29) is 0 Å². The molecule has 2 heteroatoms. The van der Waals surface area contributed by atoms with E-state index in [1.54, 1.807) is 6.07 Å². The standard InChI is InChI=1S/C14H19BrO/c15-14-8-3-1-2-6-12(14)9-11-5-4-7-13(16)10-11/h4-5,7,10,12,14,16H,1-3,6,8-9H2. The number of phenolic OH excluding ortho intramolecular Hbond substituents is 1. The molecule has 0 amide bonds. The third-order valence-corrected chi connectivity index (χ3v) is 4.68. The van der Waals surface area contributed by atoms with Crippen LogP contribution in [0.25, 0.3) is 0 Å². The van der Waals surface area contributed by atoms with Gasteiger partial charge in [-0.25, -0.2) is 0 Å². The van der Waals surface area contributed by atoms with E-state index in [1.807, 2.05) is 12.1 Å². The normalized spacial score (nSPS) is 26.3. The second kappa shape index (κ2) is 5.72. The van der Waals surface area contributed by atoms with E-state index in [1.165, 1.54) is 37.7 Å². The van der Waals surface area contributed by atoms with Gasteiger partial charge in [0.1, 0.15) is 5.75 Å². The summed E-state index contributed by atoms with van der Waals surface area (Å²) in [7, 11) is 0. The molecule has 0 aliphatic heterocycles. The van der Waals surface area contributed by atoms with Crippen LogP contribution in [0.15, 0.2) is 24.3 Å². The lowest BCUT2D eigenvalue weighted by Crippen LogP contribution is -2.15. The maximum Gasteiger partial charge on any atom is 0.115 e.